The molecule has 3 aromatic rings. The lowest BCUT2D eigenvalue weighted by atomic mass is 10.1. The van der Waals surface area contributed by atoms with Crippen LogP contribution in [0.2, 0.25) is 10.0 Å². The van der Waals surface area contributed by atoms with E-state index in [0.29, 0.717) is 10.7 Å². The van der Waals surface area contributed by atoms with Gasteiger partial charge in [-0.3, -0.25) is 4.79 Å². The van der Waals surface area contributed by atoms with Crippen molar-refractivity contribution in [3.63, 3.8) is 0 Å². The molecule has 9 heteroatoms. The van der Waals surface area contributed by atoms with Gasteiger partial charge in [0.05, 0.1) is 10.6 Å². The lowest BCUT2D eigenvalue weighted by Crippen LogP contribution is -2.21. The molecule has 0 aliphatic heterocycles. The SMILES string of the molecule is Cc1cc(Cl)ccc1NC(=O)COC(=O)c1c(-c2c(F)cccc2Cl)noc1C. The smallest absolute Gasteiger partial charge is 0.344 e. The Kier molecular flexibility index (Phi) is 6.20. The van der Waals surface area contributed by atoms with Gasteiger partial charge in [0.25, 0.3) is 5.91 Å². The summed E-state index contributed by atoms with van der Waals surface area (Å²) in [6.45, 7) is 2.69. The van der Waals surface area contributed by atoms with E-state index in [4.69, 9.17) is 32.5 Å². The number of aryl methyl sites for hydroxylation is 2. The summed E-state index contributed by atoms with van der Waals surface area (Å²) in [5.41, 5.74) is 1.01. The Balaban J connectivity index is 1.75. The van der Waals surface area contributed by atoms with Gasteiger partial charge in [0.1, 0.15) is 22.8 Å². The van der Waals surface area contributed by atoms with Gasteiger partial charge in [-0.05, 0) is 49.7 Å². The van der Waals surface area contributed by atoms with Crippen LogP contribution < -0.4 is 5.32 Å². The van der Waals surface area contributed by atoms with Crippen molar-refractivity contribution in [1.82, 2.24) is 5.16 Å². The van der Waals surface area contributed by atoms with Crippen molar-refractivity contribution in [2.24, 2.45) is 0 Å². The van der Waals surface area contributed by atoms with Crippen molar-refractivity contribution in [3.8, 4) is 11.3 Å². The molecule has 1 aromatic heterocycles. The molecule has 1 heterocycles. The third-order valence-electron chi connectivity index (χ3n) is 4.06. The third kappa shape index (κ3) is 4.58. The number of esters is 1. The largest absolute Gasteiger partial charge is 0.452 e. The Morgan fingerprint density at radius 1 is 1.21 bits per heavy atom. The molecule has 0 spiro atoms. The lowest BCUT2D eigenvalue weighted by molar-refractivity contribution is -0.119. The number of ether oxygens (including phenoxy) is 1. The van der Waals surface area contributed by atoms with Gasteiger partial charge in [0.2, 0.25) is 0 Å². The number of halogens is 3. The highest BCUT2D eigenvalue weighted by atomic mass is 35.5. The molecule has 0 bridgehead atoms. The van der Waals surface area contributed by atoms with Crippen molar-refractivity contribution in [1.29, 1.82) is 0 Å². The number of rotatable bonds is 5. The first-order chi connectivity index (χ1) is 13.8. The molecule has 0 aliphatic carbocycles. The standard InChI is InChI=1S/C20H15Cl2FN2O4/c1-10-8-12(21)6-7-15(10)24-16(26)9-28-20(27)17-11(2)29-25-19(17)18-13(22)4-3-5-14(18)23/h3-8H,9H2,1-2H3,(H,24,26). The van der Waals surface area contributed by atoms with Gasteiger partial charge in [0, 0.05) is 10.7 Å². The summed E-state index contributed by atoms with van der Waals surface area (Å²) in [4.78, 5) is 24.7. The molecule has 0 atom stereocenters. The molecular formula is C20H15Cl2FN2O4. The predicted molar refractivity (Wildman–Crippen MR) is 107 cm³/mol. The topological polar surface area (TPSA) is 81.4 Å². The van der Waals surface area contributed by atoms with Crippen molar-refractivity contribution in [2.45, 2.75) is 13.8 Å². The van der Waals surface area contributed by atoms with Crippen molar-refractivity contribution >= 4 is 40.8 Å². The molecule has 150 valence electrons. The fourth-order valence-corrected chi connectivity index (χ4v) is 3.14. The number of nitrogens with one attached hydrogen (secondary N) is 1. The van der Waals surface area contributed by atoms with Crippen LogP contribution in [-0.2, 0) is 9.53 Å². The van der Waals surface area contributed by atoms with E-state index in [2.05, 4.69) is 10.5 Å². The summed E-state index contributed by atoms with van der Waals surface area (Å²) < 4.78 is 24.3. The molecule has 0 radical (unpaired) electrons. The normalized spacial score (nSPS) is 10.7. The molecule has 3 rings (SSSR count). The highest BCUT2D eigenvalue weighted by Gasteiger charge is 2.27. The van der Waals surface area contributed by atoms with Gasteiger partial charge in [-0.25, -0.2) is 9.18 Å². The molecule has 2 aromatic carbocycles. The maximum Gasteiger partial charge on any atom is 0.344 e. The molecule has 0 saturated carbocycles. The predicted octanol–water partition coefficient (Wildman–Crippen LogP) is 5.20. The molecule has 0 fully saturated rings. The molecule has 6 nitrogen and oxygen atoms in total. The molecular weight excluding hydrogens is 422 g/mol. The molecule has 1 N–H and O–H groups in total. The van der Waals surface area contributed by atoms with Gasteiger partial charge in [0.15, 0.2) is 6.61 Å². The fraction of sp³-hybridized carbons (Fsp3) is 0.150. The summed E-state index contributed by atoms with van der Waals surface area (Å²) in [5, 5.41) is 6.95. The van der Waals surface area contributed by atoms with Gasteiger partial charge in [-0.15, -0.1) is 0 Å². The van der Waals surface area contributed by atoms with Crippen molar-refractivity contribution in [2.75, 3.05) is 11.9 Å². The van der Waals surface area contributed by atoms with Crippen LogP contribution in [0.5, 0.6) is 0 Å². The molecule has 1 amide bonds. The van der Waals surface area contributed by atoms with Crippen LogP contribution in [0.15, 0.2) is 40.9 Å². The number of aromatic nitrogens is 1. The quantitative estimate of drug-likeness (QED) is 0.555. The van der Waals surface area contributed by atoms with Gasteiger partial charge in [-0.2, -0.15) is 0 Å². The van der Waals surface area contributed by atoms with E-state index in [-0.39, 0.29) is 27.6 Å². The summed E-state index contributed by atoms with van der Waals surface area (Å²) in [5.74, 6) is -2.00. The molecule has 0 saturated heterocycles. The fourth-order valence-electron chi connectivity index (χ4n) is 2.66. The molecule has 0 unspecified atom stereocenters. The highest BCUT2D eigenvalue weighted by Crippen LogP contribution is 2.33. The Labute approximate surface area is 175 Å². The van der Waals surface area contributed by atoms with Gasteiger partial charge >= 0.3 is 5.97 Å². The monoisotopic (exact) mass is 436 g/mol. The summed E-state index contributed by atoms with van der Waals surface area (Å²) >= 11 is 11.9. The number of benzene rings is 2. The van der Waals surface area contributed by atoms with E-state index in [9.17, 15) is 14.0 Å². The zero-order valence-corrected chi connectivity index (χ0v) is 16.9. The number of amides is 1. The lowest BCUT2D eigenvalue weighted by Gasteiger charge is -2.10. The van der Waals surface area contributed by atoms with Crippen molar-refractivity contribution in [3.05, 3.63) is 69.1 Å². The minimum absolute atomic E-state index is 0.0586. The van der Waals surface area contributed by atoms with Crippen LogP contribution in [0.1, 0.15) is 21.7 Å². The summed E-state index contributed by atoms with van der Waals surface area (Å²) in [6.07, 6.45) is 0. The first kappa shape index (κ1) is 20.8. The molecule has 0 aliphatic rings. The maximum atomic E-state index is 14.2. The van der Waals surface area contributed by atoms with E-state index in [1.165, 1.54) is 25.1 Å². The number of carbonyl (C=O) groups is 2. The average Bonchev–Trinajstić information content (AvgIpc) is 3.03. The minimum atomic E-state index is -0.888. The Morgan fingerprint density at radius 3 is 2.66 bits per heavy atom. The first-order valence-electron chi connectivity index (χ1n) is 8.41. The van der Waals surface area contributed by atoms with E-state index in [1.807, 2.05) is 0 Å². The number of nitrogens with zero attached hydrogens (tertiary/aromatic N) is 1. The first-order valence-corrected chi connectivity index (χ1v) is 9.17. The molecule has 29 heavy (non-hydrogen) atoms. The summed E-state index contributed by atoms with van der Waals surface area (Å²) in [6, 6.07) is 9.02. The second-order valence-corrected chi connectivity index (χ2v) is 6.99. The van der Waals surface area contributed by atoms with Crippen LogP contribution in [0, 0.1) is 19.7 Å². The maximum absolute atomic E-state index is 14.2. The van der Waals surface area contributed by atoms with E-state index < -0.39 is 24.3 Å². The number of hydrogen-bond acceptors (Lipinski definition) is 5. The second-order valence-electron chi connectivity index (χ2n) is 6.14. The number of anilines is 1. The summed E-state index contributed by atoms with van der Waals surface area (Å²) in [7, 11) is 0. The van der Waals surface area contributed by atoms with Crippen LogP contribution in [0.3, 0.4) is 0 Å². The zero-order valence-electron chi connectivity index (χ0n) is 15.4. The van der Waals surface area contributed by atoms with Crippen LogP contribution in [-0.4, -0.2) is 23.6 Å². The Bertz CT molecular complexity index is 1080. The minimum Gasteiger partial charge on any atom is -0.452 e. The van der Waals surface area contributed by atoms with E-state index in [1.54, 1.807) is 25.1 Å². The third-order valence-corrected chi connectivity index (χ3v) is 4.61. The zero-order chi connectivity index (χ0) is 21.1. The number of hydrogen-bond donors (Lipinski definition) is 1. The number of carbonyl (C=O) groups excluding carboxylic acids is 2. The Hall–Kier alpha value is -2.90. The van der Waals surface area contributed by atoms with Gasteiger partial charge in [-0.1, -0.05) is 34.4 Å². The highest BCUT2D eigenvalue weighted by molar-refractivity contribution is 6.33. The van der Waals surface area contributed by atoms with Gasteiger partial charge < -0.3 is 14.6 Å². The second kappa shape index (κ2) is 8.63. The van der Waals surface area contributed by atoms with Crippen LogP contribution in [0.4, 0.5) is 10.1 Å². The van der Waals surface area contributed by atoms with Crippen LogP contribution in [0.25, 0.3) is 11.3 Å². The van der Waals surface area contributed by atoms with Crippen LogP contribution >= 0.6 is 23.2 Å². The Morgan fingerprint density at radius 2 is 1.97 bits per heavy atom. The average molecular weight is 437 g/mol. The van der Waals surface area contributed by atoms with E-state index in [0.717, 1.165) is 5.56 Å². The van der Waals surface area contributed by atoms with Crippen molar-refractivity contribution < 1.29 is 23.2 Å². The van der Waals surface area contributed by atoms with E-state index >= 15 is 0 Å².